The van der Waals surface area contributed by atoms with Crippen LogP contribution < -0.4 is 10.6 Å². The molecule has 5 heteroatoms. The van der Waals surface area contributed by atoms with Crippen molar-refractivity contribution in [1.82, 2.24) is 9.78 Å². The highest BCUT2D eigenvalue weighted by Gasteiger charge is 2.34. The van der Waals surface area contributed by atoms with Crippen LogP contribution in [0.15, 0.2) is 0 Å². The lowest BCUT2D eigenvalue weighted by atomic mass is 10.1. The summed E-state index contributed by atoms with van der Waals surface area (Å²) >= 11 is 0. The monoisotopic (exact) mass is 280 g/mol. The Labute approximate surface area is 122 Å². The lowest BCUT2D eigenvalue weighted by molar-refractivity contribution is 0.202. The normalized spacial score (nSPS) is 16.4. The largest absolute Gasteiger partial charge is 0.383 e. The summed E-state index contributed by atoms with van der Waals surface area (Å²) in [4.78, 5) is 2.46. The Balaban J connectivity index is 2.30. The van der Waals surface area contributed by atoms with E-state index in [0.717, 1.165) is 31.2 Å². The molecule has 1 unspecified atom stereocenters. The Hall–Kier alpha value is -1.07. The van der Waals surface area contributed by atoms with E-state index >= 15 is 0 Å². The molecule has 2 rings (SSSR count). The molecule has 0 bridgehead atoms. The van der Waals surface area contributed by atoms with E-state index in [9.17, 15) is 0 Å². The third-order valence-corrected chi connectivity index (χ3v) is 4.31. The maximum atomic E-state index is 5.78. The number of anilines is 1. The molecule has 5 nitrogen and oxygen atoms in total. The molecule has 1 atom stereocenters. The molecule has 0 spiro atoms. The minimum Gasteiger partial charge on any atom is -0.383 e. The van der Waals surface area contributed by atoms with Crippen molar-refractivity contribution in [2.45, 2.75) is 39.2 Å². The second-order valence-electron chi connectivity index (χ2n) is 5.81. The van der Waals surface area contributed by atoms with Gasteiger partial charge in [0.2, 0.25) is 0 Å². The van der Waals surface area contributed by atoms with Gasteiger partial charge in [-0.25, -0.2) is 0 Å². The second kappa shape index (κ2) is 6.59. The van der Waals surface area contributed by atoms with E-state index in [-0.39, 0.29) is 0 Å². The van der Waals surface area contributed by atoms with Crippen molar-refractivity contribution in [3.8, 4) is 0 Å². The summed E-state index contributed by atoms with van der Waals surface area (Å²) in [5.74, 6) is 2.04. The van der Waals surface area contributed by atoms with Gasteiger partial charge in [0.05, 0.1) is 12.3 Å². The van der Waals surface area contributed by atoms with Gasteiger partial charge in [-0.2, -0.15) is 5.10 Å². The summed E-state index contributed by atoms with van der Waals surface area (Å²) in [6, 6.07) is 0.538. The van der Waals surface area contributed by atoms with Gasteiger partial charge in [0.1, 0.15) is 5.82 Å². The summed E-state index contributed by atoms with van der Waals surface area (Å²) in [5.41, 5.74) is 8.16. The Bertz CT molecular complexity index is 439. The van der Waals surface area contributed by atoms with Gasteiger partial charge >= 0.3 is 0 Å². The standard InChI is InChI=1S/C15H28N4O/c1-11-14(7-8-16)15(18(3)17-11)19(9-10-20-4)12(2)13-5-6-13/h12-13H,5-10,16H2,1-4H3. The number of nitrogens with two attached hydrogens (primary N) is 1. The summed E-state index contributed by atoms with van der Waals surface area (Å²) < 4.78 is 7.30. The van der Waals surface area contributed by atoms with Crippen molar-refractivity contribution < 1.29 is 4.74 Å². The van der Waals surface area contributed by atoms with E-state index < -0.39 is 0 Å². The van der Waals surface area contributed by atoms with Gasteiger partial charge in [-0.3, -0.25) is 4.68 Å². The Morgan fingerprint density at radius 3 is 2.75 bits per heavy atom. The van der Waals surface area contributed by atoms with Gasteiger partial charge in [-0.05, 0) is 45.6 Å². The first-order valence-corrected chi connectivity index (χ1v) is 7.58. The molecule has 1 saturated carbocycles. The van der Waals surface area contributed by atoms with Crippen molar-refractivity contribution in [1.29, 1.82) is 0 Å². The number of ether oxygens (including phenoxy) is 1. The molecular weight excluding hydrogens is 252 g/mol. The molecule has 0 aromatic carbocycles. The van der Waals surface area contributed by atoms with Gasteiger partial charge in [-0.1, -0.05) is 0 Å². The summed E-state index contributed by atoms with van der Waals surface area (Å²) in [6.45, 7) is 6.70. The maximum Gasteiger partial charge on any atom is 0.130 e. The van der Waals surface area contributed by atoms with Crippen LogP contribution in [0.25, 0.3) is 0 Å². The minimum atomic E-state index is 0.538. The van der Waals surface area contributed by atoms with Crippen LogP contribution in [0.5, 0.6) is 0 Å². The smallest absolute Gasteiger partial charge is 0.130 e. The molecule has 114 valence electrons. The van der Waals surface area contributed by atoms with Crippen LogP contribution in [0.3, 0.4) is 0 Å². The molecule has 1 aromatic heterocycles. The molecule has 1 aliphatic carbocycles. The molecule has 1 aromatic rings. The van der Waals surface area contributed by atoms with E-state index in [2.05, 4.69) is 23.8 Å². The zero-order valence-electron chi connectivity index (χ0n) is 13.2. The quantitative estimate of drug-likeness (QED) is 0.783. The van der Waals surface area contributed by atoms with Crippen molar-refractivity contribution >= 4 is 5.82 Å². The minimum absolute atomic E-state index is 0.538. The highest BCUT2D eigenvalue weighted by atomic mass is 16.5. The molecule has 2 N–H and O–H groups in total. The molecule has 0 radical (unpaired) electrons. The second-order valence-corrected chi connectivity index (χ2v) is 5.81. The Morgan fingerprint density at radius 1 is 1.50 bits per heavy atom. The van der Waals surface area contributed by atoms with Gasteiger partial charge in [0.25, 0.3) is 0 Å². The number of nitrogens with zero attached hydrogens (tertiary/aromatic N) is 3. The lowest BCUT2D eigenvalue weighted by Gasteiger charge is -2.32. The molecule has 0 amide bonds. The molecule has 1 aliphatic rings. The third-order valence-electron chi connectivity index (χ3n) is 4.31. The first-order valence-electron chi connectivity index (χ1n) is 7.58. The average Bonchev–Trinajstić information content (AvgIpc) is 3.21. The fourth-order valence-corrected chi connectivity index (χ4v) is 3.01. The maximum absolute atomic E-state index is 5.78. The van der Waals surface area contributed by atoms with Crippen molar-refractivity contribution in [3.63, 3.8) is 0 Å². The van der Waals surface area contributed by atoms with Crippen LogP contribution in [0.1, 0.15) is 31.0 Å². The van der Waals surface area contributed by atoms with Crippen LogP contribution in [-0.4, -0.2) is 42.6 Å². The van der Waals surface area contributed by atoms with E-state index in [1.165, 1.54) is 24.2 Å². The average molecular weight is 280 g/mol. The highest BCUT2D eigenvalue weighted by Crippen LogP contribution is 2.38. The highest BCUT2D eigenvalue weighted by molar-refractivity contribution is 5.51. The van der Waals surface area contributed by atoms with Gasteiger partial charge in [-0.15, -0.1) is 0 Å². The molecule has 0 aliphatic heterocycles. The summed E-state index contributed by atoms with van der Waals surface area (Å²) in [5, 5.41) is 4.60. The fraction of sp³-hybridized carbons (Fsp3) is 0.800. The molecule has 1 heterocycles. The van der Waals surface area contributed by atoms with Crippen LogP contribution in [-0.2, 0) is 18.2 Å². The molecule has 0 saturated heterocycles. The van der Waals surface area contributed by atoms with Crippen LogP contribution in [0.2, 0.25) is 0 Å². The Morgan fingerprint density at radius 2 is 2.20 bits per heavy atom. The van der Waals surface area contributed by atoms with Crippen LogP contribution >= 0.6 is 0 Å². The van der Waals surface area contributed by atoms with E-state index in [1.807, 2.05) is 11.7 Å². The number of aryl methyl sites for hydroxylation is 2. The number of aromatic nitrogens is 2. The van der Waals surface area contributed by atoms with E-state index in [1.54, 1.807) is 7.11 Å². The van der Waals surface area contributed by atoms with Gasteiger partial charge in [0, 0.05) is 32.3 Å². The zero-order valence-corrected chi connectivity index (χ0v) is 13.2. The predicted octanol–water partition coefficient (Wildman–Crippen LogP) is 1.48. The number of methoxy groups -OCH3 is 1. The number of hydrogen-bond acceptors (Lipinski definition) is 4. The lowest BCUT2D eigenvalue weighted by Crippen LogP contribution is -2.39. The zero-order chi connectivity index (χ0) is 14.7. The number of hydrogen-bond donors (Lipinski definition) is 1. The van der Waals surface area contributed by atoms with Crippen LogP contribution in [0.4, 0.5) is 5.82 Å². The van der Waals surface area contributed by atoms with E-state index in [0.29, 0.717) is 12.6 Å². The van der Waals surface area contributed by atoms with Crippen molar-refractivity contribution in [2.75, 3.05) is 31.7 Å². The first kappa shape index (κ1) is 15.3. The summed E-state index contributed by atoms with van der Waals surface area (Å²) in [7, 11) is 3.79. The van der Waals surface area contributed by atoms with Crippen molar-refractivity contribution in [2.24, 2.45) is 18.7 Å². The molecule has 1 fully saturated rings. The van der Waals surface area contributed by atoms with Crippen LogP contribution in [0, 0.1) is 12.8 Å². The topological polar surface area (TPSA) is 56.3 Å². The van der Waals surface area contributed by atoms with E-state index in [4.69, 9.17) is 10.5 Å². The Kier molecular flexibility index (Phi) is 5.05. The molecule has 20 heavy (non-hydrogen) atoms. The number of rotatable bonds is 8. The first-order chi connectivity index (χ1) is 9.60. The van der Waals surface area contributed by atoms with Crippen molar-refractivity contribution in [3.05, 3.63) is 11.3 Å². The fourth-order valence-electron chi connectivity index (χ4n) is 3.01. The van der Waals surface area contributed by atoms with Gasteiger partial charge in [0.15, 0.2) is 0 Å². The summed E-state index contributed by atoms with van der Waals surface area (Å²) in [6.07, 6.45) is 3.57. The predicted molar refractivity (Wildman–Crippen MR) is 82.1 cm³/mol. The third kappa shape index (κ3) is 3.15. The molecular formula is C15H28N4O. The van der Waals surface area contributed by atoms with Gasteiger partial charge < -0.3 is 15.4 Å². The SMILES string of the molecule is COCCN(c1c(CCN)c(C)nn1C)C(C)C1CC1.